The summed E-state index contributed by atoms with van der Waals surface area (Å²) in [5, 5.41) is 32.7. The second-order valence-corrected chi connectivity index (χ2v) is 13.4. The molecule has 2 saturated heterocycles. The van der Waals surface area contributed by atoms with E-state index in [2.05, 4.69) is 16.2 Å². The van der Waals surface area contributed by atoms with Crippen LogP contribution in [0.1, 0.15) is 47.2 Å². The van der Waals surface area contributed by atoms with Crippen LogP contribution in [-0.2, 0) is 47.4 Å². The van der Waals surface area contributed by atoms with Crippen LogP contribution >= 0.6 is 7.82 Å². The monoisotopic (exact) mass is 643 g/mol. The highest BCUT2D eigenvalue weighted by Crippen LogP contribution is 2.54. The Morgan fingerprint density at radius 2 is 1.66 bits per heavy atom. The van der Waals surface area contributed by atoms with Crippen molar-refractivity contribution in [3.63, 3.8) is 0 Å². The maximum atomic E-state index is 13.8. The van der Waals surface area contributed by atoms with E-state index < -0.39 is 80.9 Å². The van der Waals surface area contributed by atoms with Crippen molar-refractivity contribution in [2.45, 2.75) is 82.4 Å². The lowest BCUT2D eigenvalue weighted by atomic mass is 9.92. The fourth-order valence-electron chi connectivity index (χ4n) is 4.74. The fourth-order valence-corrected chi connectivity index (χ4v) is 6.23. The van der Waals surface area contributed by atoms with E-state index in [1.807, 2.05) is 0 Å². The van der Waals surface area contributed by atoms with Crippen LogP contribution in [0.2, 0.25) is 0 Å². The van der Waals surface area contributed by atoms with Gasteiger partial charge >= 0.3 is 20.1 Å². The number of carbonyl (C=O) groups is 2. The van der Waals surface area contributed by atoms with Crippen molar-refractivity contribution in [1.82, 2.24) is 14.6 Å². The number of nitrogens with zero attached hydrogens (tertiary/aromatic N) is 4. The second kappa shape index (κ2) is 11.7. The quantitative estimate of drug-likeness (QED) is 0.222. The maximum Gasteiger partial charge on any atom is 0.506 e. The Hall–Kier alpha value is -3.56. The molecule has 44 heavy (non-hydrogen) atoms. The summed E-state index contributed by atoms with van der Waals surface area (Å²) in [5.74, 6) is -0.995. The molecule has 18 nitrogen and oxygen atoms in total. The summed E-state index contributed by atoms with van der Waals surface area (Å²) >= 11 is 0. The summed E-state index contributed by atoms with van der Waals surface area (Å²) in [6.07, 6.45) is -5.03. The molecule has 4 rings (SSSR count). The molecule has 19 heteroatoms. The minimum absolute atomic E-state index is 0.164. The number of nitriles is 1. The zero-order chi connectivity index (χ0) is 32.7. The van der Waals surface area contributed by atoms with Gasteiger partial charge in [-0.3, -0.25) is 13.6 Å². The molecular weight excluding hydrogens is 609 g/mol. The summed E-state index contributed by atoms with van der Waals surface area (Å²) in [6, 6.07) is 5.38. The third kappa shape index (κ3) is 7.05. The van der Waals surface area contributed by atoms with Crippen LogP contribution in [0.3, 0.4) is 0 Å². The minimum Gasteiger partial charge on any atom is -0.450 e. The molecule has 0 bridgehead atoms. The third-order valence-electron chi connectivity index (χ3n) is 6.53. The van der Waals surface area contributed by atoms with Gasteiger partial charge in [0.25, 0.3) is 0 Å². The molecule has 4 atom stereocenters. The number of fused-ring (bicyclic) bond motifs is 2. The van der Waals surface area contributed by atoms with Gasteiger partial charge in [-0.1, -0.05) is 0 Å². The third-order valence-corrected chi connectivity index (χ3v) is 7.88. The predicted octanol–water partition coefficient (Wildman–Crippen LogP) is 3.05. The van der Waals surface area contributed by atoms with Gasteiger partial charge in [-0.25, -0.2) is 23.7 Å². The lowest BCUT2D eigenvalue weighted by Crippen LogP contribution is -2.40. The van der Waals surface area contributed by atoms with Gasteiger partial charge in [0, 0.05) is 0 Å². The zero-order valence-electron chi connectivity index (χ0n) is 24.8. The number of rotatable bonds is 12. The number of hydrogen-bond acceptors (Lipinski definition) is 15. The van der Waals surface area contributed by atoms with Crippen molar-refractivity contribution < 1.29 is 61.6 Å². The number of ether oxygens (including phenoxy) is 5. The predicted molar refractivity (Wildman–Crippen MR) is 145 cm³/mol. The Bertz CT molecular complexity index is 1470. The Labute approximate surface area is 251 Å². The first-order valence-corrected chi connectivity index (χ1v) is 14.7. The highest BCUT2D eigenvalue weighted by Gasteiger charge is 2.65. The van der Waals surface area contributed by atoms with Crippen LogP contribution in [0.25, 0.3) is 5.52 Å². The van der Waals surface area contributed by atoms with Gasteiger partial charge in [-0.15, -0.1) is 0 Å². The van der Waals surface area contributed by atoms with E-state index in [1.165, 1.54) is 38.5 Å². The van der Waals surface area contributed by atoms with Gasteiger partial charge in [-0.2, -0.15) is 10.4 Å². The van der Waals surface area contributed by atoms with E-state index in [0.29, 0.717) is 5.52 Å². The molecule has 0 spiro atoms. The van der Waals surface area contributed by atoms with Crippen molar-refractivity contribution in [3.05, 3.63) is 24.2 Å². The molecule has 0 saturated carbocycles. The van der Waals surface area contributed by atoms with Crippen LogP contribution < -0.4 is 5.73 Å². The summed E-state index contributed by atoms with van der Waals surface area (Å²) in [5.41, 5.74) is 1.88. The molecule has 0 aliphatic carbocycles. The van der Waals surface area contributed by atoms with E-state index in [1.54, 1.807) is 26.0 Å². The summed E-state index contributed by atoms with van der Waals surface area (Å²) in [7, 11) is -4.62. The Morgan fingerprint density at radius 3 is 2.20 bits per heavy atom. The van der Waals surface area contributed by atoms with E-state index in [0.717, 1.165) is 0 Å². The van der Waals surface area contributed by atoms with E-state index >= 15 is 0 Å². The molecule has 0 radical (unpaired) electrons. The lowest BCUT2D eigenvalue weighted by Gasteiger charge is -2.30. The molecule has 3 unspecified atom stereocenters. The zero-order valence-corrected chi connectivity index (χ0v) is 25.7. The lowest BCUT2D eigenvalue weighted by molar-refractivity contribution is -0.204. The average molecular weight is 644 g/mol. The minimum atomic E-state index is -4.62. The number of anilines is 1. The first kappa shape index (κ1) is 33.3. The van der Waals surface area contributed by atoms with Crippen LogP contribution in [0.4, 0.5) is 15.4 Å². The van der Waals surface area contributed by atoms with Crippen molar-refractivity contribution in [2.75, 3.05) is 25.6 Å². The Kier molecular flexibility index (Phi) is 8.90. The largest absolute Gasteiger partial charge is 0.506 e. The van der Waals surface area contributed by atoms with Crippen molar-refractivity contribution >= 4 is 31.5 Å². The highest BCUT2D eigenvalue weighted by atomic mass is 31.2. The van der Waals surface area contributed by atoms with Crippen molar-refractivity contribution in [2.24, 2.45) is 0 Å². The number of aromatic nitrogens is 3. The molecule has 2 aliphatic rings. The standard InChI is InChI=1S/C25H34N5O13P/c1-22(2,42-20(31)32)11-37-44(35,38-12-23(3,4)43-21(33)34)36-9-15-17-18(41-24(5,6)40-17)25(10-26,39-15)16-8-7-14-19(27)28-13-29-30(14)16/h7-8,13,15,17-18H,9,11-12H2,1-6H3,(H,31,32)(H,33,34)(H2,27,28,29)/t15-,17?,18?,25?/m1/s1. The number of phosphoric acid groups is 1. The van der Waals surface area contributed by atoms with E-state index in [-0.39, 0.29) is 11.5 Å². The molecule has 242 valence electrons. The van der Waals surface area contributed by atoms with E-state index in [9.17, 15) is 19.4 Å². The number of nitrogens with two attached hydrogens (primary N) is 1. The van der Waals surface area contributed by atoms with E-state index in [4.69, 9.17) is 53.2 Å². The van der Waals surface area contributed by atoms with Gasteiger partial charge in [0.1, 0.15) is 47.4 Å². The number of nitrogen functional groups attached to an aromatic ring is 1. The SMILES string of the molecule is CC(C)(COP(=O)(OC[C@H]1OC(C#N)(c2ccc3c(N)ncnn23)C2OC(C)(C)OC21)OCC(C)(C)OC(=O)O)OC(=O)O. The molecule has 2 fully saturated rings. The smallest absolute Gasteiger partial charge is 0.450 e. The molecule has 0 aromatic carbocycles. The van der Waals surface area contributed by atoms with Crippen LogP contribution in [0, 0.1) is 11.3 Å². The topological polar surface area (TPSA) is 246 Å². The first-order chi connectivity index (χ1) is 20.3. The Morgan fingerprint density at radius 1 is 1.07 bits per heavy atom. The van der Waals surface area contributed by atoms with Gasteiger partial charge in [0.05, 0.1) is 25.5 Å². The molecule has 2 aromatic rings. The normalized spacial score (nSPS) is 25.0. The number of phosphoric ester groups is 1. The summed E-state index contributed by atoms with van der Waals surface area (Å²) in [6.45, 7) is 7.03. The fraction of sp³-hybridized carbons (Fsp3) is 0.640. The molecule has 0 amide bonds. The Balaban J connectivity index is 1.62. The average Bonchev–Trinajstić information content (AvgIpc) is 3.55. The first-order valence-electron chi connectivity index (χ1n) is 13.2. The molecule has 2 aromatic heterocycles. The van der Waals surface area contributed by atoms with Crippen molar-refractivity contribution in [3.8, 4) is 6.07 Å². The summed E-state index contributed by atoms with van der Waals surface area (Å²) in [4.78, 5) is 26.1. The van der Waals surface area contributed by atoms with Gasteiger partial charge in [0.15, 0.2) is 11.6 Å². The molecular formula is C25H34N5O13P. The maximum absolute atomic E-state index is 13.8. The van der Waals surface area contributed by atoms with Crippen LogP contribution in [-0.4, -0.2) is 92.2 Å². The van der Waals surface area contributed by atoms with Crippen molar-refractivity contribution in [1.29, 1.82) is 5.26 Å². The molecule has 4 heterocycles. The van der Waals surface area contributed by atoms with Gasteiger partial charge in [-0.05, 0) is 53.7 Å². The van der Waals surface area contributed by atoms with Crippen LogP contribution in [0.15, 0.2) is 18.5 Å². The highest BCUT2D eigenvalue weighted by molar-refractivity contribution is 7.48. The molecule has 2 aliphatic heterocycles. The van der Waals surface area contributed by atoms with Gasteiger partial charge < -0.3 is 39.6 Å². The van der Waals surface area contributed by atoms with Crippen LogP contribution in [0.5, 0.6) is 0 Å². The number of carboxylic acid groups (broad SMARTS) is 2. The number of hydrogen-bond donors (Lipinski definition) is 3. The van der Waals surface area contributed by atoms with Gasteiger partial charge in [0.2, 0.25) is 5.60 Å². The second-order valence-electron chi connectivity index (χ2n) is 11.7. The molecule has 4 N–H and O–H groups in total. The summed E-state index contributed by atoms with van der Waals surface area (Å²) < 4.78 is 59.6.